The lowest BCUT2D eigenvalue weighted by atomic mass is 10.1. The molecule has 0 bridgehead atoms. The van der Waals surface area contributed by atoms with E-state index in [-0.39, 0.29) is 11.1 Å². The fraction of sp³-hybridized carbons (Fsp3) is 0.308. The molecule has 0 amide bonds. The average Bonchev–Trinajstić information content (AvgIpc) is 2.87. The second-order valence-electron chi connectivity index (χ2n) is 4.32. The lowest BCUT2D eigenvalue weighted by Crippen LogP contribution is -2.30. The number of aromatic nitrogens is 1. The first-order chi connectivity index (χ1) is 9.11. The highest BCUT2D eigenvalue weighted by Crippen LogP contribution is 2.24. The first kappa shape index (κ1) is 14.4. The van der Waals surface area contributed by atoms with E-state index in [2.05, 4.69) is 9.88 Å². The summed E-state index contributed by atoms with van der Waals surface area (Å²) in [5.74, 6) is -0.417. The van der Waals surface area contributed by atoms with Crippen molar-refractivity contribution in [3.63, 3.8) is 0 Å². The largest absolute Gasteiger partial charge is 0.329 e. The normalized spacial score (nSPS) is 12.9. The van der Waals surface area contributed by atoms with Gasteiger partial charge in [0.1, 0.15) is 5.82 Å². The van der Waals surface area contributed by atoms with Crippen LogP contribution in [-0.4, -0.2) is 23.5 Å². The van der Waals surface area contributed by atoms with Crippen LogP contribution in [0.4, 0.5) is 4.39 Å². The zero-order valence-electron chi connectivity index (χ0n) is 10.5. The quantitative estimate of drug-likeness (QED) is 0.922. The number of hydrogen-bond acceptors (Lipinski definition) is 4. The summed E-state index contributed by atoms with van der Waals surface area (Å²) in [5, 5.41) is 2.12. The summed E-state index contributed by atoms with van der Waals surface area (Å²) in [7, 11) is 1.95. The maximum atomic E-state index is 13.5. The minimum Gasteiger partial charge on any atom is -0.329 e. The number of halogens is 2. The Morgan fingerprint density at radius 3 is 2.89 bits per heavy atom. The van der Waals surface area contributed by atoms with E-state index in [1.165, 1.54) is 6.07 Å². The number of hydrogen-bond donors (Lipinski definition) is 1. The molecule has 1 aromatic heterocycles. The Hall–Kier alpha value is -1.01. The molecule has 0 fully saturated rings. The summed E-state index contributed by atoms with van der Waals surface area (Å²) in [4.78, 5) is 6.29. The van der Waals surface area contributed by atoms with Crippen LogP contribution in [-0.2, 0) is 6.54 Å². The maximum absolute atomic E-state index is 13.5. The summed E-state index contributed by atoms with van der Waals surface area (Å²) in [6.07, 6.45) is 0. The van der Waals surface area contributed by atoms with Gasteiger partial charge in [-0.1, -0.05) is 17.7 Å². The van der Waals surface area contributed by atoms with Gasteiger partial charge in [0.25, 0.3) is 0 Å². The van der Waals surface area contributed by atoms with Crippen LogP contribution in [0.3, 0.4) is 0 Å². The number of benzene rings is 1. The molecular formula is C13H15ClFN3S. The number of likely N-dealkylation sites (N-methyl/N-ethyl adjacent to an activating group) is 1. The minimum atomic E-state index is -0.417. The Morgan fingerprint density at radius 2 is 2.32 bits per heavy atom. The molecule has 19 heavy (non-hydrogen) atoms. The molecule has 0 aliphatic rings. The average molecular weight is 300 g/mol. The highest BCUT2D eigenvalue weighted by molar-refractivity contribution is 7.07. The van der Waals surface area contributed by atoms with Crippen molar-refractivity contribution in [2.75, 3.05) is 13.6 Å². The van der Waals surface area contributed by atoms with E-state index in [0.717, 1.165) is 11.3 Å². The fourth-order valence-corrected chi connectivity index (χ4v) is 2.64. The molecule has 1 aromatic carbocycles. The van der Waals surface area contributed by atoms with E-state index in [1.54, 1.807) is 29.0 Å². The van der Waals surface area contributed by atoms with Crippen LogP contribution in [0, 0.1) is 5.82 Å². The highest BCUT2D eigenvalue weighted by atomic mass is 35.5. The van der Waals surface area contributed by atoms with Gasteiger partial charge >= 0.3 is 0 Å². The number of thiazole rings is 1. The van der Waals surface area contributed by atoms with Gasteiger partial charge in [-0.15, -0.1) is 11.3 Å². The van der Waals surface area contributed by atoms with Gasteiger partial charge < -0.3 is 5.73 Å². The lowest BCUT2D eigenvalue weighted by molar-refractivity contribution is 0.239. The number of nitrogens with zero attached hydrogens (tertiary/aromatic N) is 2. The summed E-state index contributed by atoms with van der Waals surface area (Å²) in [5.41, 5.74) is 9.41. The summed E-state index contributed by atoms with van der Waals surface area (Å²) >= 11 is 7.25. The van der Waals surface area contributed by atoms with Gasteiger partial charge in [-0.2, -0.15) is 0 Å². The Bertz CT molecular complexity index is 533. The molecule has 2 rings (SSSR count). The van der Waals surface area contributed by atoms with Crippen LogP contribution < -0.4 is 5.73 Å². The van der Waals surface area contributed by atoms with Crippen molar-refractivity contribution in [2.24, 2.45) is 5.73 Å². The topological polar surface area (TPSA) is 42.2 Å². The molecule has 6 heteroatoms. The van der Waals surface area contributed by atoms with Crippen LogP contribution in [0.25, 0.3) is 0 Å². The molecule has 0 radical (unpaired) electrons. The van der Waals surface area contributed by atoms with Crippen molar-refractivity contribution in [1.82, 2.24) is 9.88 Å². The molecule has 1 unspecified atom stereocenters. The Labute approximate surface area is 120 Å². The zero-order valence-corrected chi connectivity index (χ0v) is 12.1. The predicted molar refractivity (Wildman–Crippen MR) is 76.8 cm³/mol. The SMILES string of the molecule is CN(Cc1cscn1)C(CN)c1ccc(Cl)c(F)c1. The van der Waals surface area contributed by atoms with Crippen LogP contribution in [0.15, 0.2) is 29.1 Å². The Balaban J connectivity index is 2.16. The van der Waals surface area contributed by atoms with E-state index in [9.17, 15) is 4.39 Å². The third kappa shape index (κ3) is 3.51. The minimum absolute atomic E-state index is 0.0616. The monoisotopic (exact) mass is 299 g/mol. The van der Waals surface area contributed by atoms with Crippen molar-refractivity contribution in [1.29, 1.82) is 0 Å². The fourth-order valence-electron chi connectivity index (χ4n) is 1.97. The summed E-state index contributed by atoms with van der Waals surface area (Å²) in [6, 6.07) is 4.75. The van der Waals surface area contributed by atoms with Gasteiger partial charge in [0.15, 0.2) is 0 Å². The zero-order chi connectivity index (χ0) is 13.8. The number of rotatable bonds is 5. The van der Waals surface area contributed by atoms with Crippen molar-refractivity contribution in [3.8, 4) is 0 Å². The molecule has 2 aromatic rings. The highest BCUT2D eigenvalue weighted by Gasteiger charge is 2.17. The van der Waals surface area contributed by atoms with Crippen molar-refractivity contribution < 1.29 is 4.39 Å². The van der Waals surface area contributed by atoms with Gasteiger partial charge in [-0.25, -0.2) is 9.37 Å². The lowest BCUT2D eigenvalue weighted by Gasteiger charge is -2.26. The predicted octanol–water partition coefficient (Wildman–Crippen LogP) is 3.07. The van der Waals surface area contributed by atoms with Gasteiger partial charge in [0, 0.05) is 24.5 Å². The Kier molecular flexibility index (Phi) is 4.87. The second kappa shape index (κ2) is 6.43. The molecule has 3 nitrogen and oxygen atoms in total. The summed E-state index contributed by atoms with van der Waals surface area (Å²) in [6.45, 7) is 1.08. The van der Waals surface area contributed by atoms with E-state index < -0.39 is 5.82 Å². The molecule has 1 heterocycles. The smallest absolute Gasteiger partial charge is 0.142 e. The first-order valence-corrected chi connectivity index (χ1v) is 7.16. The van der Waals surface area contributed by atoms with Crippen LogP contribution >= 0.6 is 22.9 Å². The van der Waals surface area contributed by atoms with Gasteiger partial charge in [-0.3, -0.25) is 4.90 Å². The molecule has 0 saturated heterocycles. The van der Waals surface area contributed by atoms with E-state index in [1.807, 2.05) is 12.4 Å². The van der Waals surface area contributed by atoms with Gasteiger partial charge in [0.2, 0.25) is 0 Å². The number of nitrogens with two attached hydrogens (primary N) is 1. The standard InChI is InChI=1S/C13H15ClFN3S/c1-18(6-10-7-19-8-17-10)13(5-16)9-2-3-11(14)12(15)4-9/h2-4,7-8,13H,5-6,16H2,1H3. The summed E-state index contributed by atoms with van der Waals surface area (Å²) < 4.78 is 13.5. The Morgan fingerprint density at radius 1 is 1.53 bits per heavy atom. The third-order valence-electron chi connectivity index (χ3n) is 2.98. The second-order valence-corrected chi connectivity index (χ2v) is 5.45. The van der Waals surface area contributed by atoms with Gasteiger partial charge in [0.05, 0.1) is 16.2 Å². The van der Waals surface area contributed by atoms with Crippen LogP contribution in [0.1, 0.15) is 17.3 Å². The molecular weight excluding hydrogens is 285 g/mol. The maximum Gasteiger partial charge on any atom is 0.142 e. The molecule has 1 atom stereocenters. The van der Waals surface area contributed by atoms with Crippen molar-refractivity contribution in [3.05, 3.63) is 51.2 Å². The molecule has 0 aliphatic carbocycles. The van der Waals surface area contributed by atoms with Gasteiger partial charge in [-0.05, 0) is 24.7 Å². The molecule has 102 valence electrons. The molecule has 0 spiro atoms. The van der Waals surface area contributed by atoms with Crippen molar-refractivity contribution >= 4 is 22.9 Å². The van der Waals surface area contributed by atoms with Crippen molar-refractivity contribution in [2.45, 2.75) is 12.6 Å². The van der Waals surface area contributed by atoms with E-state index in [4.69, 9.17) is 17.3 Å². The van der Waals surface area contributed by atoms with E-state index in [0.29, 0.717) is 13.1 Å². The van der Waals surface area contributed by atoms with E-state index >= 15 is 0 Å². The molecule has 2 N–H and O–H groups in total. The molecule has 0 saturated carbocycles. The van der Waals surface area contributed by atoms with Crippen LogP contribution in [0.5, 0.6) is 0 Å². The third-order valence-corrected chi connectivity index (χ3v) is 3.92. The first-order valence-electron chi connectivity index (χ1n) is 5.84. The van der Waals surface area contributed by atoms with Crippen LogP contribution in [0.2, 0.25) is 5.02 Å². The molecule has 0 aliphatic heterocycles.